The summed E-state index contributed by atoms with van der Waals surface area (Å²) in [6.07, 6.45) is 41.0. The zero-order chi connectivity index (χ0) is 40.5. The summed E-state index contributed by atoms with van der Waals surface area (Å²) in [5, 5.41) is 0. The molecule has 0 fully saturated rings. The SMILES string of the molecule is CCCCCCCCCC(=O)OC[C@@H](COC(=O)CCCCCCCCCCCCCCCC(C)C)OC(=O)CCCCCCCCCCCCCC(C)C. The van der Waals surface area contributed by atoms with Gasteiger partial charge >= 0.3 is 17.9 Å². The van der Waals surface area contributed by atoms with E-state index in [2.05, 4.69) is 34.6 Å². The van der Waals surface area contributed by atoms with Crippen molar-refractivity contribution in [3.8, 4) is 0 Å². The minimum absolute atomic E-state index is 0.0645. The van der Waals surface area contributed by atoms with Crippen LogP contribution in [0.2, 0.25) is 0 Å². The van der Waals surface area contributed by atoms with Crippen LogP contribution in [0.15, 0.2) is 0 Å². The molecule has 55 heavy (non-hydrogen) atoms. The molecule has 0 heterocycles. The smallest absolute Gasteiger partial charge is 0.306 e. The Kier molecular flexibility index (Phi) is 40.8. The second-order valence-corrected chi connectivity index (χ2v) is 17.7. The van der Waals surface area contributed by atoms with E-state index in [1.165, 1.54) is 154 Å². The maximum absolute atomic E-state index is 12.7. The first-order chi connectivity index (χ1) is 26.7. The van der Waals surface area contributed by atoms with E-state index in [-0.39, 0.29) is 31.1 Å². The normalized spacial score (nSPS) is 12.1. The zero-order valence-electron chi connectivity index (χ0n) is 37.6. The van der Waals surface area contributed by atoms with Crippen LogP contribution in [0.3, 0.4) is 0 Å². The molecule has 6 nitrogen and oxygen atoms in total. The fourth-order valence-electron chi connectivity index (χ4n) is 7.28. The highest BCUT2D eigenvalue weighted by atomic mass is 16.6. The molecule has 0 aromatic heterocycles. The maximum atomic E-state index is 12.7. The molecule has 0 aliphatic rings. The maximum Gasteiger partial charge on any atom is 0.306 e. The summed E-state index contributed by atoms with van der Waals surface area (Å²) in [6, 6.07) is 0. The van der Waals surface area contributed by atoms with Crippen molar-refractivity contribution in [3.05, 3.63) is 0 Å². The summed E-state index contributed by atoms with van der Waals surface area (Å²) >= 11 is 0. The highest BCUT2D eigenvalue weighted by Crippen LogP contribution is 2.17. The first-order valence-electron chi connectivity index (χ1n) is 24.2. The minimum Gasteiger partial charge on any atom is -0.462 e. The van der Waals surface area contributed by atoms with Crippen LogP contribution in [0.1, 0.15) is 266 Å². The van der Waals surface area contributed by atoms with Crippen LogP contribution >= 0.6 is 0 Å². The number of rotatable bonds is 43. The second-order valence-electron chi connectivity index (χ2n) is 17.7. The minimum atomic E-state index is -0.760. The highest BCUT2D eigenvalue weighted by Gasteiger charge is 2.19. The molecule has 326 valence electrons. The quantitative estimate of drug-likeness (QED) is 0.0348. The third-order valence-corrected chi connectivity index (χ3v) is 11.0. The third kappa shape index (κ3) is 43.4. The van der Waals surface area contributed by atoms with Gasteiger partial charge in [-0.25, -0.2) is 0 Å². The molecular weight excluding hydrogens is 685 g/mol. The van der Waals surface area contributed by atoms with E-state index < -0.39 is 6.10 Å². The molecule has 6 heteroatoms. The van der Waals surface area contributed by atoms with E-state index in [0.29, 0.717) is 19.3 Å². The second kappa shape index (κ2) is 42.0. The number of ether oxygens (including phenoxy) is 3. The molecule has 0 aliphatic carbocycles. The van der Waals surface area contributed by atoms with Gasteiger partial charge in [0.1, 0.15) is 13.2 Å². The number of carbonyl (C=O) groups is 3. The molecule has 1 atom stereocenters. The van der Waals surface area contributed by atoms with Crippen LogP contribution in [-0.4, -0.2) is 37.2 Å². The van der Waals surface area contributed by atoms with Crippen LogP contribution in [0.4, 0.5) is 0 Å². The number of esters is 3. The molecule has 0 unspecified atom stereocenters. The fourth-order valence-corrected chi connectivity index (χ4v) is 7.28. The number of hydrogen-bond donors (Lipinski definition) is 0. The molecule has 0 N–H and O–H groups in total. The van der Waals surface area contributed by atoms with Crippen molar-refractivity contribution in [1.82, 2.24) is 0 Å². The van der Waals surface area contributed by atoms with Gasteiger partial charge in [0, 0.05) is 19.3 Å². The molecule has 0 bridgehead atoms. The highest BCUT2D eigenvalue weighted by molar-refractivity contribution is 5.71. The van der Waals surface area contributed by atoms with Gasteiger partial charge < -0.3 is 14.2 Å². The Labute approximate surface area is 342 Å². The predicted molar refractivity (Wildman–Crippen MR) is 233 cm³/mol. The third-order valence-electron chi connectivity index (χ3n) is 11.0. The summed E-state index contributed by atoms with van der Waals surface area (Å²) in [6.45, 7) is 11.3. The number of carbonyl (C=O) groups excluding carboxylic acids is 3. The Morgan fingerprint density at radius 3 is 0.891 bits per heavy atom. The van der Waals surface area contributed by atoms with Crippen molar-refractivity contribution in [3.63, 3.8) is 0 Å². The average molecular weight is 779 g/mol. The Hall–Kier alpha value is -1.59. The van der Waals surface area contributed by atoms with Crippen molar-refractivity contribution >= 4 is 17.9 Å². The lowest BCUT2D eigenvalue weighted by Gasteiger charge is -2.18. The van der Waals surface area contributed by atoms with Gasteiger partial charge in [-0.2, -0.15) is 0 Å². The van der Waals surface area contributed by atoms with E-state index in [1.54, 1.807) is 0 Å². The Morgan fingerprint density at radius 1 is 0.345 bits per heavy atom. The lowest BCUT2D eigenvalue weighted by molar-refractivity contribution is -0.167. The van der Waals surface area contributed by atoms with E-state index in [9.17, 15) is 14.4 Å². The lowest BCUT2D eigenvalue weighted by Crippen LogP contribution is -2.30. The van der Waals surface area contributed by atoms with Gasteiger partial charge in [0.25, 0.3) is 0 Å². The Balaban J connectivity index is 4.23. The predicted octanol–water partition coefficient (Wildman–Crippen LogP) is 15.4. The molecule has 0 saturated carbocycles. The van der Waals surface area contributed by atoms with Gasteiger partial charge in [0.05, 0.1) is 0 Å². The van der Waals surface area contributed by atoms with Crippen LogP contribution in [0.5, 0.6) is 0 Å². The topological polar surface area (TPSA) is 78.9 Å². The first-order valence-corrected chi connectivity index (χ1v) is 24.2. The monoisotopic (exact) mass is 779 g/mol. The van der Waals surface area contributed by atoms with Crippen molar-refractivity contribution < 1.29 is 28.6 Å². The van der Waals surface area contributed by atoms with Crippen LogP contribution in [0.25, 0.3) is 0 Å². The standard InChI is InChI=1S/C49H94O6/c1-6-7-8-9-22-29-34-39-47(50)53-42-46(55-49(52)41-36-31-26-21-17-13-15-19-24-28-33-38-45(4)5)43-54-48(51)40-35-30-25-20-16-12-10-11-14-18-23-27-32-37-44(2)3/h44-46H,6-43H2,1-5H3/t46-/m0/s1. The van der Waals surface area contributed by atoms with Gasteiger partial charge in [-0.05, 0) is 31.1 Å². The summed E-state index contributed by atoms with van der Waals surface area (Å²) in [5.41, 5.74) is 0. The summed E-state index contributed by atoms with van der Waals surface area (Å²) in [5.74, 6) is 0.806. The van der Waals surface area contributed by atoms with Gasteiger partial charge in [0.15, 0.2) is 6.10 Å². The van der Waals surface area contributed by atoms with E-state index in [0.717, 1.165) is 69.6 Å². The average Bonchev–Trinajstić information content (AvgIpc) is 3.15. The zero-order valence-corrected chi connectivity index (χ0v) is 37.6. The van der Waals surface area contributed by atoms with Gasteiger partial charge in [0.2, 0.25) is 0 Å². The number of unbranched alkanes of at least 4 members (excludes halogenated alkanes) is 28. The van der Waals surface area contributed by atoms with Gasteiger partial charge in [-0.15, -0.1) is 0 Å². The van der Waals surface area contributed by atoms with Crippen LogP contribution < -0.4 is 0 Å². The first kappa shape index (κ1) is 53.4. The Bertz CT molecular complexity index is 839. The Morgan fingerprint density at radius 2 is 0.600 bits per heavy atom. The van der Waals surface area contributed by atoms with E-state index in [4.69, 9.17) is 14.2 Å². The summed E-state index contributed by atoms with van der Waals surface area (Å²) < 4.78 is 16.7. The van der Waals surface area contributed by atoms with Gasteiger partial charge in [-0.1, -0.05) is 227 Å². The van der Waals surface area contributed by atoms with Crippen LogP contribution in [0, 0.1) is 11.8 Å². The molecule has 0 amide bonds. The molecular formula is C49H94O6. The molecule has 0 radical (unpaired) electrons. The lowest BCUT2D eigenvalue weighted by atomic mass is 10.0. The summed E-state index contributed by atoms with van der Waals surface area (Å²) in [7, 11) is 0. The molecule has 0 rings (SSSR count). The molecule has 0 aromatic carbocycles. The number of hydrogen-bond acceptors (Lipinski definition) is 6. The molecule has 0 saturated heterocycles. The van der Waals surface area contributed by atoms with Crippen LogP contribution in [-0.2, 0) is 28.6 Å². The molecule has 0 aromatic rings. The van der Waals surface area contributed by atoms with Crippen molar-refractivity contribution in [2.45, 2.75) is 272 Å². The van der Waals surface area contributed by atoms with Crippen molar-refractivity contribution in [1.29, 1.82) is 0 Å². The largest absolute Gasteiger partial charge is 0.462 e. The van der Waals surface area contributed by atoms with Crippen molar-refractivity contribution in [2.24, 2.45) is 11.8 Å². The molecule has 0 aliphatic heterocycles. The van der Waals surface area contributed by atoms with E-state index >= 15 is 0 Å². The van der Waals surface area contributed by atoms with E-state index in [1.807, 2.05) is 0 Å². The summed E-state index contributed by atoms with van der Waals surface area (Å²) in [4.78, 5) is 37.7. The molecule has 0 spiro atoms. The van der Waals surface area contributed by atoms with Gasteiger partial charge in [-0.3, -0.25) is 14.4 Å². The fraction of sp³-hybridized carbons (Fsp3) is 0.939. The van der Waals surface area contributed by atoms with Crippen molar-refractivity contribution in [2.75, 3.05) is 13.2 Å².